The smallest absolute Gasteiger partial charge is 0.232 e. The fourth-order valence-corrected chi connectivity index (χ4v) is 2.18. The van der Waals surface area contributed by atoms with Gasteiger partial charge in [-0.3, -0.25) is 4.98 Å². The Morgan fingerprint density at radius 3 is 2.90 bits per heavy atom. The summed E-state index contributed by atoms with van der Waals surface area (Å²) in [6.45, 7) is 6.01. The van der Waals surface area contributed by atoms with E-state index < -0.39 is 0 Å². The van der Waals surface area contributed by atoms with Gasteiger partial charge >= 0.3 is 0 Å². The van der Waals surface area contributed by atoms with Crippen LogP contribution in [0.15, 0.2) is 12.4 Å². The first-order valence-electron chi connectivity index (χ1n) is 7.98. The van der Waals surface area contributed by atoms with Gasteiger partial charge in [-0.2, -0.15) is 0 Å². The molecular formula is C16H27N3O. The molecule has 112 valence electrons. The second-order valence-corrected chi connectivity index (χ2v) is 5.73. The van der Waals surface area contributed by atoms with Crippen LogP contribution >= 0.6 is 0 Å². The summed E-state index contributed by atoms with van der Waals surface area (Å²) < 4.78 is 5.82. The zero-order valence-electron chi connectivity index (χ0n) is 12.8. The van der Waals surface area contributed by atoms with Crippen molar-refractivity contribution in [2.45, 2.75) is 65.0 Å². The highest BCUT2D eigenvalue weighted by atomic mass is 16.5. The molecule has 0 aliphatic heterocycles. The average molecular weight is 277 g/mol. The molecule has 0 radical (unpaired) electrons. The third-order valence-corrected chi connectivity index (χ3v) is 3.82. The van der Waals surface area contributed by atoms with Gasteiger partial charge < -0.3 is 10.1 Å². The fraction of sp³-hybridized carbons (Fsp3) is 0.750. The predicted octanol–water partition coefficient (Wildman–Crippen LogP) is 3.32. The Bertz CT molecular complexity index is 393. The lowest BCUT2D eigenvalue weighted by atomic mass is 10.0. The first-order valence-corrected chi connectivity index (χ1v) is 7.98. The standard InChI is InChI=1S/C16H27N3O/c1-3-5-6-13(4-2)12-20-16-11-17-9-15(19-16)10-18-14-7-8-14/h9,11,13-14,18H,3-8,10,12H2,1-2H3. The number of nitrogens with one attached hydrogen (secondary N) is 1. The topological polar surface area (TPSA) is 47.0 Å². The van der Waals surface area contributed by atoms with Crippen molar-refractivity contribution >= 4 is 0 Å². The maximum Gasteiger partial charge on any atom is 0.232 e. The monoisotopic (exact) mass is 277 g/mol. The molecule has 4 nitrogen and oxygen atoms in total. The molecule has 1 aliphatic carbocycles. The SMILES string of the molecule is CCCCC(CC)COc1cncc(CNC2CC2)n1. The van der Waals surface area contributed by atoms with Gasteiger partial charge in [0.15, 0.2) is 0 Å². The lowest BCUT2D eigenvalue weighted by Crippen LogP contribution is -2.17. The normalized spacial score (nSPS) is 16.1. The Hall–Kier alpha value is -1.16. The molecule has 1 aromatic heterocycles. The minimum atomic E-state index is 0.630. The van der Waals surface area contributed by atoms with Crippen LogP contribution in [0.5, 0.6) is 5.88 Å². The fourth-order valence-electron chi connectivity index (χ4n) is 2.18. The second kappa shape index (κ2) is 8.20. The van der Waals surface area contributed by atoms with E-state index in [1.165, 1.54) is 32.1 Å². The van der Waals surface area contributed by atoms with Crippen LogP contribution in [0.3, 0.4) is 0 Å². The zero-order valence-corrected chi connectivity index (χ0v) is 12.8. The van der Waals surface area contributed by atoms with Crippen molar-refractivity contribution in [1.82, 2.24) is 15.3 Å². The summed E-state index contributed by atoms with van der Waals surface area (Å²) in [5.41, 5.74) is 0.969. The summed E-state index contributed by atoms with van der Waals surface area (Å²) in [5.74, 6) is 1.29. The first-order chi connectivity index (χ1) is 9.81. The van der Waals surface area contributed by atoms with Crippen LogP contribution in [0.1, 0.15) is 58.1 Å². The molecule has 0 amide bonds. The van der Waals surface area contributed by atoms with Crippen molar-refractivity contribution in [3.63, 3.8) is 0 Å². The molecule has 1 N–H and O–H groups in total. The Balaban J connectivity index is 1.77. The average Bonchev–Trinajstić information content (AvgIpc) is 3.30. The summed E-state index contributed by atoms with van der Waals surface area (Å²) in [4.78, 5) is 8.73. The Morgan fingerprint density at radius 1 is 1.35 bits per heavy atom. The molecule has 0 aromatic carbocycles. The van der Waals surface area contributed by atoms with Gasteiger partial charge in [0.25, 0.3) is 0 Å². The van der Waals surface area contributed by atoms with Crippen molar-refractivity contribution in [3.8, 4) is 5.88 Å². The molecule has 0 bridgehead atoms. The van der Waals surface area contributed by atoms with E-state index in [2.05, 4.69) is 29.1 Å². The summed E-state index contributed by atoms with van der Waals surface area (Å²) >= 11 is 0. The highest BCUT2D eigenvalue weighted by molar-refractivity contribution is 5.08. The molecular weight excluding hydrogens is 250 g/mol. The Labute approximate surface area is 122 Å². The minimum Gasteiger partial charge on any atom is -0.476 e. The maximum atomic E-state index is 5.82. The van der Waals surface area contributed by atoms with E-state index >= 15 is 0 Å². The van der Waals surface area contributed by atoms with E-state index in [4.69, 9.17) is 4.74 Å². The third kappa shape index (κ3) is 5.45. The van der Waals surface area contributed by atoms with Crippen molar-refractivity contribution in [3.05, 3.63) is 18.1 Å². The van der Waals surface area contributed by atoms with Crippen LogP contribution in [-0.2, 0) is 6.54 Å². The quantitative estimate of drug-likeness (QED) is 0.712. The van der Waals surface area contributed by atoms with Crippen LogP contribution < -0.4 is 10.1 Å². The van der Waals surface area contributed by atoms with E-state index in [-0.39, 0.29) is 0 Å². The van der Waals surface area contributed by atoms with E-state index in [9.17, 15) is 0 Å². The van der Waals surface area contributed by atoms with Gasteiger partial charge in [0.05, 0.1) is 18.5 Å². The van der Waals surface area contributed by atoms with Crippen molar-refractivity contribution in [1.29, 1.82) is 0 Å². The van der Waals surface area contributed by atoms with Gasteiger partial charge in [-0.1, -0.05) is 33.1 Å². The molecule has 1 aliphatic rings. The van der Waals surface area contributed by atoms with Crippen LogP contribution in [0.4, 0.5) is 0 Å². The van der Waals surface area contributed by atoms with Crippen molar-refractivity contribution in [2.75, 3.05) is 6.61 Å². The van der Waals surface area contributed by atoms with Gasteiger partial charge in [0, 0.05) is 18.8 Å². The largest absolute Gasteiger partial charge is 0.476 e. The highest BCUT2D eigenvalue weighted by Gasteiger charge is 2.20. The van der Waals surface area contributed by atoms with Gasteiger partial charge in [-0.25, -0.2) is 4.98 Å². The number of rotatable bonds is 10. The molecule has 1 unspecified atom stereocenters. The number of hydrogen-bond donors (Lipinski definition) is 1. The third-order valence-electron chi connectivity index (χ3n) is 3.82. The Kier molecular flexibility index (Phi) is 6.25. The predicted molar refractivity (Wildman–Crippen MR) is 80.7 cm³/mol. The minimum absolute atomic E-state index is 0.630. The van der Waals surface area contributed by atoms with Gasteiger partial charge in [-0.05, 0) is 25.2 Å². The molecule has 1 fully saturated rings. The summed E-state index contributed by atoms with van der Waals surface area (Å²) in [6.07, 6.45) is 11.0. The molecule has 0 spiro atoms. The van der Waals surface area contributed by atoms with E-state index in [1.54, 1.807) is 6.20 Å². The zero-order chi connectivity index (χ0) is 14.2. The number of aromatic nitrogens is 2. The number of ether oxygens (including phenoxy) is 1. The number of hydrogen-bond acceptors (Lipinski definition) is 4. The van der Waals surface area contributed by atoms with Crippen LogP contribution in [-0.4, -0.2) is 22.6 Å². The van der Waals surface area contributed by atoms with E-state index in [0.717, 1.165) is 25.3 Å². The van der Waals surface area contributed by atoms with E-state index in [0.29, 0.717) is 17.8 Å². The maximum absolute atomic E-state index is 5.82. The molecule has 20 heavy (non-hydrogen) atoms. The van der Waals surface area contributed by atoms with Crippen LogP contribution in [0.25, 0.3) is 0 Å². The molecule has 1 saturated carbocycles. The van der Waals surface area contributed by atoms with Gasteiger partial charge in [0.2, 0.25) is 5.88 Å². The van der Waals surface area contributed by atoms with Crippen LogP contribution in [0, 0.1) is 5.92 Å². The highest BCUT2D eigenvalue weighted by Crippen LogP contribution is 2.19. The van der Waals surface area contributed by atoms with Crippen LogP contribution in [0.2, 0.25) is 0 Å². The lowest BCUT2D eigenvalue weighted by molar-refractivity contribution is 0.224. The van der Waals surface area contributed by atoms with Gasteiger partial charge in [-0.15, -0.1) is 0 Å². The molecule has 0 saturated heterocycles. The molecule has 2 rings (SSSR count). The lowest BCUT2D eigenvalue weighted by Gasteiger charge is -2.15. The Morgan fingerprint density at radius 2 is 2.20 bits per heavy atom. The van der Waals surface area contributed by atoms with Crippen molar-refractivity contribution in [2.24, 2.45) is 5.92 Å². The number of nitrogens with zero attached hydrogens (tertiary/aromatic N) is 2. The van der Waals surface area contributed by atoms with Gasteiger partial charge in [0.1, 0.15) is 0 Å². The second-order valence-electron chi connectivity index (χ2n) is 5.73. The first kappa shape index (κ1) is 15.2. The summed E-state index contributed by atoms with van der Waals surface area (Å²) in [7, 11) is 0. The summed E-state index contributed by atoms with van der Waals surface area (Å²) in [6, 6.07) is 0.694. The molecule has 1 heterocycles. The molecule has 4 heteroatoms. The molecule has 1 aromatic rings. The number of unbranched alkanes of at least 4 members (excludes halogenated alkanes) is 1. The van der Waals surface area contributed by atoms with E-state index in [1.807, 2.05) is 6.20 Å². The van der Waals surface area contributed by atoms with Crippen molar-refractivity contribution < 1.29 is 4.74 Å². The summed E-state index contributed by atoms with van der Waals surface area (Å²) in [5, 5.41) is 3.45. The molecule has 1 atom stereocenters.